The number of carbonyl (C=O) groups is 1. The van der Waals surface area contributed by atoms with E-state index in [4.69, 9.17) is 5.11 Å². The molecule has 3 heterocycles. The standard InChI is InChI=1S/C13H12N4O2S2/c1-8-15-9(6-20-8)5-17-12-10(3-2-4-14-12)16-13(17)21-7-11(18)19/h2-4,6H,5,7H2,1H3,(H,18,19). The topological polar surface area (TPSA) is 80.9 Å². The van der Waals surface area contributed by atoms with Crippen LogP contribution < -0.4 is 0 Å². The van der Waals surface area contributed by atoms with Crippen LogP contribution in [0.5, 0.6) is 0 Å². The average molecular weight is 320 g/mol. The third-order valence-corrected chi connectivity index (χ3v) is 4.56. The van der Waals surface area contributed by atoms with Crippen LogP contribution in [0.4, 0.5) is 0 Å². The van der Waals surface area contributed by atoms with Gasteiger partial charge in [0.2, 0.25) is 0 Å². The highest BCUT2D eigenvalue weighted by atomic mass is 32.2. The van der Waals surface area contributed by atoms with Gasteiger partial charge in [-0.25, -0.2) is 15.0 Å². The van der Waals surface area contributed by atoms with E-state index >= 15 is 0 Å². The number of aryl methyl sites for hydroxylation is 1. The molecular formula is C13H12N4O2S2. The number of thiazole rings is 1. The summed E-state index contributed by atoms with van der Waals surface area (Å²) in [6.45, 7) is 2.50. The van der Waals surface area contributed by atoms with Crippen molar-refractivity contribution in [1.29, 1.82) is 0 Å². The molecule has 0 saturated heterocycles. The van der Waals surface area contributed by atoms with Crippen molar-refractivity contribution in [3.8, 4) is 0 Å². The van der Waals surface area contributed by atoms with Crippen molar-refractivity contribution in [3.05, 3.63) is 34.4 Å². The maximum absolute atomic E-state index is 10.8. The molecule has 0 fully saturated rings. The first-order valence-corrected chi connectivity index (χ1v) is 8.07. The number of aromatic nitrogens is 4. The number of rotatable bonds is 5. The fraction of sp³-hybridized carbons (Fsp3) is 0.231. The zero-order chi connectivity index (χ0) is 14.8. The van der Waals surface area contributed by atoms with E-state index in [2.05, 4.69) is 15.0 Å². The van der Waals surface area contributed by atoms with Gasteiger partial charge in [0.25, 0.3) is 0 Å². The monoisotopic (exact) mass is 320 g/mol. The highest BCUT2D eigenvalue weighted by molar-refractivity contribution is 7.99. The summed E-state index contributed by atoms with van der Waals surface area (Å²) < 4.78 is 1.91. The molecule has 3 aromatic rings. The fourth-order valence-electron chi connectivity index (χ4n) is 1.96. The second-order valence-electron chi connectivity index (χ2n) is 4.37. The van der Waals surface area contributed by atoms with Gasteiger partial charge in [0.1, 0.15) is 5.52 Å². The number of fused-ring (bicyclic) bond motifs is 1. The minimum absolute atomic E-state index is 0.0284. The van der Waals surface area contributed by atoms with Gasteiger partial charge in [-0.2, -0.15) is 0 Å². The zero-order valence-electron chi connectivity index (χ0n) is 11.2. The molecule has 0 bridgehead atoms. The van der Waals surface area contributed by atoms with Crippen LogP contribution in [0.2, 0.25) is 0 Å². The summed E-state index contributed by atoms with van der Waals surface area (Å²) in [5.41, 5.74) is 2.44. The Balaban J connectivity index is 2.00. The molecule has 0 aliphatic carbocycles. The molecule has 0 amide bonds. The predicted molar refractivity (Wildman–Crippen MR) is 81.8 cm³/mol. The molecule has 0 atom stereocenters. The predicted octanol–water partition coefficient (Wildman–Crippen LogP) is 2.42. The number of aliphatic carboxylic acids is 1. The Labute approximate surface area is 128 Å². The van der Waals surface area contributed by atoms with Crippen molar-refractivity contribution in [2.45, 2.75) is 18.6 Å². The van der Waals surface area contributed by atoms with Crippen molar-refractivity contribution in [2.24, 2.45) is 0 Å². The normalized spacial score (nSPS) is 11.1. The summed E-state index contributed by atoms with van der Waals surface area (Å²) in [5.74, 6) is -0.893. The van der Waals surface area contributed by atoms with E-state index in [1.807, 2.05) is 29.0 Å². The number of hydrogen-bond acceptors (Lipinski definition) is 6. The summed E-state index contributed by atoms with van der Waals surface area (Å²) in [4.78, 5) is 24.0. The van der Waals surface area contributed by atoms with Crippen LogP contribution in [0.1, 0.15) is 10.7 Å². The van der Waals surface area contributed by atoms with E-state index in [1.165, 1.54) is 11.8 Å². The smallest absolute Gasteiger partial charge is 0.313 e. The van der Waals surface area contributed by atoms with E-state index in [-0.39, 0.29) is 5.75 Å². The van der Waals surface area contributed by atoms with Crippen LogP contribution in [0.3, 0.4) is 0 Å². The van der Waals surface area contributed by atoms with E-state index < -0.39 is 5.97 Å². The number of hydrogen-bond donors (Lipinski definition) is 1. The second kappa shape index (κ2) is 5.82. The molecular weight excluding hydrogens is 308 g/mol. The SMILES string of the molecule is Cc1nc(Cn2c(SCC(=O)O)nc3cccnc32)cs1. The summed E-state index contributed by atoms with van der Waals surface area (Å²) in [6, 6.07) is 3.69. The van der Waals surface area contributed by atoms with Crippen LogP contribution in [0.25, 0.3) is 11.2 Å². The molecule has 0 aromatic carbocycles. The molecule has 0 saturated carbocycles. The molecule has 0 radical (unpaired) electrons. The third kappa shape index (κ3) is 3.06. The Hall–Kier alpha value is -1.93. The van der Waals surface area contributed by atoms with Gasteiger partial charge < -0.3 is 5.11 Å². The van der Waals surface area contributed by atoms with Gasteiger partial charge >= 0.3 is 5.97 Å². The van der Waals surface area contributed by atoms with Crippen LogP contribution in [0.15, 0.2) is 28.9 Å². The van der Waals surface area contributed by atoms with Gasteiger partial charge in [0, 0.05) is 11.6 Å². The number of imidazole rings is 1. The van der Waals surface area contributed by atoms with Crippen LogP contribution in [-0.2, 0) is 11.3 Å². The van der Waals surface area contributed by atoms with Crippen LogP contribution in [-0.4, -0.2) is 36.3 Å². The number of pyridine rings is 1. The molecule has 6 nitrogen and oxygen atoms in total. The van der Waals surface area contributed by atoms with Crippen molar-refractivity contribution in [1.82, 2.24) is 19.5 Å². The average Bonchev–Trinajstić information content (AvgIpc) is 3.01. The fourth-order valence-corrected chi connectivity index (χ4v) is 3.29. The van der Waals surface area contributed by atoms with Crippen LogP contribution in [0, 0.1) is 6.92 Å². The first kappa shape index (κ1) is 14.0. The molecule has 0 unspecified atom stereocenters. The highest BCUT2D eigenvalue weighted by Crippen LogP contribution is 2.24. The zero-order valence-corrected chi connectivity index (χ0v) is 12.8. The molecule has 3 aromatic heterocycles. The Morgan fingerprint density at radius 3 is 3.05 bits per heavy atom. The van der Waals surface area contributed by atoms with Gasteiger partial charge in [-0.3, -0.25) is 9.36 Å². The van der Waals surface area contributed by atoms with Crippen LogP contribution >= 0.6 is 23.1 Å². The maximum Gasteiger partial charge on any atom is 0.313 e. The largest absolute Gasteiger partial charge is 0.481 e. The van der Waals surface area contributed by atoms with E-state index in [9.17, 15) is 4.79 Å². The lowest BCUT2D eigenvalue weighted by Crippen LogP contribution is -2.05. The molecule has 21 heavy (non-hydrogen) atoms. The van der Waals surface area contributed by atoms with Crippen molar-refractivity contribution < 1.29 is 9.90 Å². The summed E-state index contributed by atoms with van der Waals surface area (Å²) in [6.07, 6.45) is 1.71. The van der Waals surface area contributed by atoms with Crippen molar-refractivity contribution in [2.75, 3.05) is 5.75 Å². The Morgan fingerprint density at radius 1 is 1.48 bits per heavy atom. The number of carboxylic acid groups (broad SMARTS) is 1. The number of nitrogens with zero attached hydrogens (tertiary/aromatic N) is 4. The molecule has 0 aliphatic heterocycles. The second-order valence-corrected chi connectivity index (χ2v) is 6.37. The first-order valence-electron chi connectivity index (χ1n) is 6.20. The quantitative estimate of drug-likeness (QED) is 0.727. The summed E-state index contributed by atoms with van der Waals surface area (Å²) in [5, 5.41) is 12.5. The number of carboxylic acids is 1. The molecule has 1 N–H and O–H groups in total. The highest BCUT2D eigenvalue weighted by Gasteiger charge is 2.14. The molecule has 8 heteroatoms. The van der Waals surface area contributed by atoms with Crippen molar-refractivity contribution in [3.63, 3.8) is 0 Å². The van der Waals surface area contributed by atoms with Gasteiger partial charge in [-0.1, -0.05) is 11.8 Å². The van der Waals surface area contributed by atoms with E-state index in [1.54, 1.807) is 17.5 Å². The minimum Gasteiger partial charge on any atom is -0.481 e. The first-order chi connectivity index (χ1) is 10.1. The van der Waals surface area contributed by atoms with E-state index in [0.29, 0.717) is 11.7 Å². The molecule has 3 rings (SSSR count). The van der Waals surface area contributed by atoms with Gasteiger partial charge in [-0.05, 0) is 19.1 Å². The van der Waals surface area contributed by atoms with E-state index in [0.717, 1.165) is 21.9 Å². The van der Waals surface area contributed by atoms with Gasteiger partial charge in [0.15, 0.2) is 10.8 Å². The van der Waals surface area contributed by atoms with Crippen molar-refractivity contribution >= 4 is 40.2 Å². The lowest BCUT2D eigenvalue weighted by molar-refractivity contribution is -0.133. The lowest BCUT2D eigenvalue weighted by Gasteiger charge is -2.05. The summed E-state index contributed by atoms with van der Waals surface area (Å²) >= 11 is 2.78. The Morgan fingerprint density at radius 2 is 2.33 bits per heavy atom. The Kier molecular flexibility index (Phi) is 3.89. The third-order valence-electron chi connectivity index (χ3n) is 2.78. The number of thioether (sulfide) groups is 1. The lowest BCUT2D eigenvalue weighted by atomic mass is 10.4. The molecule has 108 valence electrons. The maximum atomic E-state index is 10.8. The van der Waals surface area contributed by atoms with Gasteiger partial charge in [-0.15, -0.1) is 11.3 Å². The molecule has 0 aliphatic rings. The summed E-state index contributed by atoms with van der Waals surface area (Å²) in [7, 11) is 0. The van der Waals surface area contributed by atoms with Gasteiger partial charge in [0.05, 0.1) is 23.0 Å². The molecule has 0 spiro atoms. The minimum atomic E-state index is -0.865. The Bertz CT molecular complexity index is 796.